The predicted octanol–water partition coefficient (Wildman–Crippen LogP) is 0.157. The number of halogens is 2. The molecule has 0 aliphatic carbocycles. The van der Waals surface area contributed by atoms with Crippen molar-refractivity contribution in [1.82, 2.24) is 5.32 Å². The zero-order chi connectivity index (χ0) is 11.0. The molecule has 0 radical (unpaired) electrons. The summed E-state index contributed by atoms with van der Waals surface area (Å²) in [4.78, 5) is 10.9. The van der Waals surface area contributed by atoms with Crippen LogP contribution in [0.15, 0.2) is 0 Å². The van der Waals surface area contributed by atoms with E-state index in [4.69, 9.17) is 9.84 Å². The highest BCUT2D eigenvalue weighted by molar-refractivity contribution is 5.75. The van der Waals surface area contributed by atoms with E-state index in [1.165, 1.54) is 7.11 Å². The van der Waals surface area contributed by atoms with Crippen LogP contribution in [0.2, 0.25) is 0 Å². The van der Waals surface area contributed by atoms with E-state index in [9.17, 15) is 13.6 Å². The zero-order valence-electron chi connectivity index (χ0n) is 8.06. The van der Waals surface area contributed by atoms with Crippen molar-refractivity contribution in [2.75, 3.05) is 26.9 Å². The molecule has 4 nitrogen and oxygen atoms in total. The Hall–Kier alpha value is -0.750. The van der Waals surface area contributed by atoms with Crippen molar-refractivity contribution in [2.45, 2.75) is 18.8 Å². The Kier molecular flexibility index (Phi) is 6.31. The lowest BCUT2D eigenvalue weighted by Crippen LogP contribution is -2.38. The summed E-state index contributed by atoms with van der Waals surface area (Å²) in [6.45, 7) is -1.66. The Morgan fingerprint density at radius 2 is 2.21 bits per heavy atom. The first-order chi connectivity index (χ1) is 6.52. The van der Waals surface area contributed by atoms with Crippen LogP contribution in [0.25, 0.3) is 0 Å². The second kappa shape index (κ2) is 6.67. The highest BCUT2D eigenvalue weighted by Gasteiger charge is 2.27. The third-order valence-corrected chi connectivity index (χ3v) is 1.53. The van der Waals surface area contributed by atoms with Gasteiger partial charge in [0.05, 0.1) is 6.54 Å². The Labute approximate surface area is 81.2 Å². The summed E-state index contributed by atoms with van der Waals surface area (Å²) < 4.78 is 29.5. The number of methoxy groups -OCH3 is 1. The van der Waals surface area contributed by atoms with Crippen LogP contribution < -0.4 is 5.32 Å². The molecule has 0 spiro atoms. The van der Waals surface area contributed by atoms with Gasteiger partial charge in [0.15, 0.2) is 0 Å². The van der Waals surface area contributed by atoms with Gasteiger partial charge in [0.2, 0.25) is 5.91 Å². The molecule has 0 aliphatic rings. The number of hydrogen-bond donors (Lipinski definition) is 2. The minimum absolute atomic E-state index is 0.148. The first-order valence-electron chi connectivity index (χ1n) is 4.26. The zero-order valence-corrected chi connectivity index (χ0v) is 8.06. The fourth-order valence-electron chi connectivity index (χ4n) is 0.749. The van der Waals surface area contributed by atoms with Crippen molar-refractivity contribution in [3.8, 4) is 0 Å². The van der Waals surface area contributed by atoms with E-state index < -0.39 is 25.0 Å². The summed E-state index contributed by atoms with van der Waals surface area (Å²) in [5.74, 6) is -3.70. The van der Waals surface area contributed by atoms with Crippen LogP contribution in [0.5, 0.6) is 0 Å². The fraction of sp³-hybridized carbons (Fsp3) is 0.875. The standard InChI is InChI=1S/C8H15F2NO3/c1-14-4-2-3-7(13)11-5-8(9,10)6-12/h12H,2-6H2,1H3,(H,11,13). The number of alkyl halides is 2. The molecule has 0 aromatic carbocycles. The number of rotatable bonds is 7. The minimum Gasteiger partial charge on any atom is -0.390 e. The smallest absolute Gasteiger partial charge is 0.287 e. The molecule has 0 aliphatic heterocycles. The van der Waals surface area contributed by atoms with Gasteiger partial charge in [-0.3, -0.25) is 4.79 Å². The van der Waals surface area contributed by atoms with Crippen LogP contribution in [-0.4, -0.2) is 43.8 Å². The molecule has 0 unspecified atom stereocenters. The van der Waals surface area contributed by atoms with Gasteiger partial charge >= 0.3 is 0 Å². The number of nitrogens with one attached hydrogen (secondary N) is 1. The van der Waals surface area contributed by atoms with Crippen molar-refractivity contribution >= 4 is 5.91 Å². The summed E-state index contributed by atoms with van der Waals surface area (Å²) >= 11 is 0. The Bertz CT molecular complexity index is 176. The molecule has 0 fully saturated rings. The summed E-state index contributed by atoms with van der Waals surface area (Å²) in [6.07, 6.45) is 0.641. The second-order valence-electron chi connectivity index (χ2n) is 2.89. The summed E-state index contributed by atoms with van der Waals surface area (Å²) in [5, 5.41) is 10.2. The SMILES string of the molecule is COCCCC(=O)NCC(F)(F)CO. The van der Waals surface area contributed by atoms with Gasteiger partial charge in [-0.1, -0.05) is 0 Å². The number of ether oxygens (including phenoxy) is 1. The summed E-state index contributed by atoms with van der Waals surface area (Å²) in [6, 6.07) is 0. The molecule has 0 aromatic heterocycles. The topological polar surface area (TPSA) is 58.6 Å². The van der Waals surface area contributed by atoms with Gasteiger partial charge in [0.1, 0.15) is 6.61 Å². The Balaban J connectivity index is 3.53. The molecular formula is C8H15F2NO3. The van der Waals surface area contributed by atoms with Gasteiger partial charge in [-0.05, 0) is 6.42 Å². The molecule has 0 saturated carbocycles. The monoisotopic (exact) mass is 211 g/mol. The van der Waals surface area contributed by atoms with Crippen molar-refractivity contribution in [1.29, 1.82) is 0 Å². The third-order valence-electron chi connectivity index (χ3n) is 1.53. The molecule has 6 heteroatoms. The van der Waals surface area contributed by atoms with Crippen molar-refractivity contribution in [3.05, 3.63) is 0 Å². The van der Waals surface area contributed by atoms with E-state index >= 15 is 0 Å². The Morgan fingerprint density at radius 1 is 1.57 bits per heavy atom. The van der Waals surface area contributed by atoms with Gasteiger partial charge in [-0.25, -0.2) is 8.78 Å². The van der Waals surface area contributed by atoms with Gasteiger partial charge in [0.25, 0.3) is 5.92 Å². The average Bonchev–Trinajstić information content (AvgIpc) is 2.16. The molecule has 0 bridgehead atoms. The molecule has 2 N–H and O–H groups in total. The maximum absolute atomic E-state index is 12.4. The third kappa shape index (κ3) is 6.73. The van der Waals surface area contributed by atoms with E-state index in [1.807, 2.05) is 5.32 Å². The number of carbonyl (C=O) groups is 1. The maximum atomic E-state index is 12.4. The van der Waals surface area contributed by atoms with Crippen molar-refractivity contribution in [3.63, 3.8) is 0 Å². The van der Waals surface area contributed by atoms with Crippen LogP contribution >= 0.6 is 0 Å². The molecule has 0 aromatic rings. The van der Waals surface area contributed by atoms with Crippen molar-refractivity contribution in [2.24, 2.45) is 0 Å². The largest absolute Gasteiger partial charge is 0.390 e. The first-order valence-corrected chi connectivity index (χ1v) is 4.26. The summed E-state index contributed by atoms with van der Waals surface area (Å²) in [5.41, 5.74) is 0. The quantitative estimate of drug-likeness (QED) is 0.590. The van der Waals surface area contributed by atoms with Crippen LogP contribution in [0.1, 0.15) is 12.8 Å². The molecule has 0 rings (SSSR count). The second-order valence-corrected chi connectivity index (χ2v) is 2.89. The number of aliphatic hydroxyl groups is 1. The van der Waals surface area contributed by atoms with Gasteiger partial charge in [0, 0.05) is 20.1 Å². The van der Waals surface area contributed by atoms with E-state index in [0.717, 1.165) is 0 Å². The molecular weight excluding hydrogens is 196 g/mol. The Morgan fingerprint density at radius 3 is 2.71 bits per heavy atom. The van der Waals surface area contributed by atoms with Crippen LogP contribution in [0, 0.1) is 0 Å². The fourth-order valence-corrected chi connectivity index (χ4v) is 0.749. The first kappa shape index (κ1) is 13.2. The lowest BCUT2D eigenvalue weighted by Gasteiger charge is -2.13. The predicted molar refractivity (Wildman–Crippen MR) is 46.2 cm³/mol. The summed E-state index contributed by atoms with van der Waals surface area (Å²) in [7, 11) is 1.50. The number of amides is 1. The minimum atomic E-state index is -3.24. The normalized spacial score (nSPS) is 11.4. The van der Waals surface area contributed by atoms with Gasteiger partial charge in [-0.2, -0.15) is 0 Å². The molecule has 0 saturated heterocycles. The lowest BCUT2D eigenvalue weighted by molar-refractivity contribution is -0.124. The highest BCUT2D eigenvalue weighted by atomic mass is 19.3. The lowest BCUT2D eigenvalue weighted by atomic mass is 10.3. The van der Waals surface area contributed by atoms with E-state index in [-0.39, 0.29) is 6.42 Å². The van der Waals surface area contributed by atoms with Crippen molar-refractivity contribution < 1.29 is 23.4 Å². The molecule has 14 heavy (non-hydrogen) atoms. The number of aliphatic hydroxyl groups excluding tert-OH is 1. The molecule has 1 amide bonds. The van der Waals surface area contributed by atoms with Gasteiger partial charge in [-0.15, -0.1) is 0 Å². The van der Waals surface area contributed by atoms with Crippen LogP contribution in [0.4, 0.5) is 8.78 Å². The highest BCUT2D eigenvalue weighted by Crippen LogP contribution is 2.09. The average molecular weight is 211 g/mol. The van der Waals surface area contributed by atoms with E-state index in [2.05, 4.69) is 0 Å². The van der Waals surface area contributed by atoms with Crippen LogP contribution in [-0.2, 0) is 9.53 Å². The van der Waals surface area contributed by atoms with Crippen LogP contribution in [0.3, 0.4) is 0 Å². The number of hydrogen-bond acceptors (Lipinski definition) is 3. The van der Waals surface area contributed by atoms with E-state index in [1.54, 1.807) is 0 Å². The van der Waals surface area contributed by atoms with Gasteiger partial charge < -0.3 is 15.2 Å². The molecule has 84 valence electrons. The number of carbonyl (C=O) groups excluding carboxylic acids is 1. The van der Waals surface area contributed by atoms with E-state index in [0.29, 0.717) is 13.0 Å². The molecule has 0 heterocycles. The molecule has 0 atom stereocenters. The maximum Gasteiger partial charge on any atom is 0.287 e.